The summed E-state index contributed by atoms with van der Waals surface area (Å²) in [5.74, 6) is 0. The average Bonchev–Trinajstić information content (AvgIpc) is 2.62. The molecule has 0 aliphatic carbocycles. The summed E-state index contributed by atoms with van der Waals surface area (Å²) in [6.07, 6.45) is 20.1. The van der Waals surface area contributed by atoms with Crippen molar-refractivity contribution in [1.29, 1.82) is 0 Å². The summed E-state index contributed by atoms with van der Waals surface area (Å²) in [6.45, 7) is 8.79. The van der Waals surface area contributed by atoms with Crippen LogP contribution in [0, 0.1) is 0 Å². The molecule has 164 valence electrons. The van der Waals surface area contributed by atoms with Gasteiger partial charge in [0.2, 0.25) is 0 Å². The minimum atomic E-state index is -3.42. The van der Waals surface area contributed by atoms with Crippen LogP contribution in [0.3, 0.4) is 0 Å². The Morgan fingerprint density at radius 3 is 1.37 bits per heavy atom. The maximum Gasteiger partial charge on any atom is 0.677 e. The van der Waals surface area contributed by atoms with Gasteiger partial charge in [-0.2, -0.15) is 0 Å². The zero-order valence-electron chi connectivity index (χ0n) is 18.8. The van der Waals surface area contributed by atoms with E-state index in [1.807, 2.05) is 20.8 Å². The summed E-state index contributed by atoms with van der Waals surface area (Å²) in [6, 6.07) is 0. The Morgan fingerprint density at radius 1 is 0.630 bits per heavy atom. The minimum absolute atomic E-state index is 0.0166. The second-order valence-corrected chi connectivity index (χ2v) is 9.56. The zero-order chi connectivity index (χ0) is 20.2. The summed E-state index contributed by atoms with van der Waals surface area (Å²) in [5.41, 5.74) is 0. The zero-order valence-corrected chi connectivity index (χ0v) is 19.8. The quantitative estimate of drug-likeness (QED) is 0.169. The van der Waals surface area contributed by atoms with E-state index in [4.69, 9.17) is 13.3 Å². The van der Waals surface area contributed by atoms with Crippen molar-refractivity contribution in [3.8, 4) is 0 Å². The molecule has 0 aromatic carbocycles. The van der Waals surface area contributed by atoms with Gasteiger partial charge in [0.25, 0.3) is 0 Å². The predicted molar refractivity (Wildman–Crippen MR) is 117 cm³/mol. The molecule has 0 rings (SSSR count). The van der Waals surface area contributed by atoms with Gasteiger partial charge >= 0.3 is 9.05 Å². The van der Waals surface area contributed by atoms with E-state index in [0.29, 0.717) is 13.2 Å². The molecule has 0 spiro atoms. The molecule has 27 heavy (non-hydrogen) atoms. The Kier molecular flexibility index (Phi) is 19.4. The van der Waals surface area contributed by atoms with Crippen LogP contribution in [-0.2, 0) is 13.3 Å². The first-order valence-corrected chi connectivity index (χ1v) is 13.4. The molecule has 0 radical (unpaired) electrons. The van der Waals surface area contributed by atoms with Gasteiger partial charge in [-0.3, -0.25) is 0 Å². The Morgan fingerprint density at radius 2 is 1.00 bits per heavy atom. The van der Waals surface area contributed by atoms with E-state index in [-0.39, 0.29) is 6.10 Å². The first kappa shape index (κ1) is 27.1. The Hall–Kier alpha value is 0.0569. The lowest BCUT2D eigenvalue weighted by Gasteiger charge is -2.25. The summed E-state index contributed by atoms with van der Waals surface area (Å²) in [7, 11) is -3.42. The van der Waals surface area contributed by atoms with Crippen LogP contribution in [0.4, 0.5) is 0 Å². The molecule has 0 saturated carbocycles. The topological polar surface area (TPSA) is 47.9 Å². The van der Waals surface area contributed by atoms with Gasteiger partial charge < -0.3 is 18.1 Å². The van der Waals surface area contributed by atoms with Gasteiger partial charge in [0.15, 0.2) is 0 Å². The number of hydrogen-bond donors (Lipinski definition) is 1. The maximum atomic E-state index is 10.3. The Labute approximate surface area is 170 Å². The lowest BCUT2D eigenvalue weighted by atomic mass is 10.0. The molecule has 0 fully saturated rings. The second kappa shape index (κ2) is 19.4. The second-order valence-electron chi connectivity index (χ2n) is 7.70. The molecular formula is C22H48O4Si. The van der Waals surface area contributed by atoms with Crippen LogP contribution >= 0.6 is 0 Å². The predicted octanol–water partition coefficient (Wildman–Crippen LogP) is 6.76. The molecule has 4 nitrogen and oxygen atoms in total. The molecule has 0 bridgehead atoms. The normalized spacial score (nSPS) is 13.2. The van der Waals surface area contributed by atoms with Gasteiger partial charge in [0, 0.05) is 19.3 Å². The Bertz CT molecular complexity index is 296. The largest absolute Gasteiger partial charge is 0.677 e. The van der Waals surface area contributed by atoms with Crippen molar-refractivity contribution >= 4 is 9.05 Å². The third kappa shape index (κ3) is 17.9. The fourth-order valence-electron chi connectivity index (χ4n) is 3.41. The molecule has 0 saturated heterocycles. The highest BCUT2D eigenvalue weighted by atomic mass is 28.4. The van der Waals surface area contributed by atoms with E-state index in [0.717, 1.165) is 12.8 Å². The molecule has 1 unspecified atom stereocenters. The summed E-state index contributed by atoms with van der Waals surface area (Å²) < 4.78 is 16.3. The van der Waals surface area contributed by atoms with Crippen molar-refractivity contribution < 1.29 is 18.1 Å². The van der Waals surface area contributed by atoms with E-state index in [2.05, 4.69) is 6.92 Å². The van der Waals surface area contributed by atoms with Crippen molar-refractivity contribution in [3.05, 3.63) is 0 Å². The van der Waals surface area contributed by atoms with E-state index >= 15 is 0 Å². The van der Waals surface area contributed by atoms with Gasteiger partial charge in [-0.1, -0.05) is 96.8 Å². The van der Waals surface area contributed by atoms with Crippen LogP contribution in [0.25, 0.3) is 0 Å². The number of rotatable bonds is 21. The maximum absolute atomic E-state index is 10.3. The first-order valence-electron chi connectivity index (χ1n) is 11.8. The molecule has 0 heterocycles. The van der Waals surface area contributed by atoms with Crippen molar-refractivity contribution in [2.45, 2.75) is 130 Å². The van der Waals surface area contributed by atoms with Crippen LogP contribution in [0.1, 0.15) is 124 Å². The first-order chi connectivity index (χ1) is 13.1. The van der Waals surface area contributed by atoms with Crippen LogP contribution in [-0.4, -0.2) is 33.2 Å². The smallest absolute Gasteiger partial charge is 0.367 e. The van der Waals surface area contributed by atoms with E-state index in [1.165, 1.54) is 83.5 Å². The fraction of sp³-hybridized carbons (Fsp3) is 1.00. The molecule has 0 aliphatic heterocycles. The third-order valence-electron chi connectivity index (χ3n) is 4.97. The minimum Gasteiger partial charge on any atom is -0.367 e. The van der Waals surface area contributed by atoms with Crippen molar-refractivity contribution in [2.75, 3.05) is 13.2 Å². The van der Waals surface area contributed by atoms with Gasteiger partial charge in [-0.25, -0.2) is 0 Å². The molecule has 0 aromatic heterocycles. The number of hydrogen-bond acceptors (Lipinski definition) is 4. The standard InChI is InChI=1S/C22H48O4Si/c1-5-8-9-10-11-12-13-14-15-16-17-18-19-20-21-22(4)26-27(23,24-6-2)25-7-3/h22-23H,5-21H2,1-4H3. The van der Waals surface area contributed by atoms with E-state index in [9.17, 15) is 4.80 Å². The lowest BCUT2D eigenvalue weighted by Crippen LogP contribution is -2.48. The molecule has 1 atom stereocenters. The SMILES string of the molecule is CCCCCCCCCCCCCCCCC(C)O[Si](O)(OCC)OCC. The monoisotopic (exact) mass is 404 g/mol. The average molecular weight is 405 g/mol. The highest BCUT2D eigenvalue weighted by Crippen LogP contribution is 2.16. The summed E-state index contributed by atoms with van der Waals surface area (Å²) >= 11 is 0. The molecule has 1 N–H and O–H groups in total. The van der Waals surface area contributed by atoms with Crippen molar-refractivity contribution in [1.82, 2.24) is 0 Å². The highest BCUT2D eigenvalue weighted by molar-refractivity contribution is 6.51. The van der Waals surface area contributed by atoms with Crippen LogP contribution < -0.4 is 0 Å². The summed E-state index contributed by atoms with van der Waals surface area (Å²) in [5, 5.41) is 0. The molecule has 5 heteroatoms. The molecular weight excluding hydrogens is 356 g/mol. The molecule has 0 aliphatic rings. The summed E-state index contributed by atoms with van der Waals surface area (Å²) in [4.78, 5) is 10.3. The van der Waals surface area contributed by atoms with Crippen LogP contribution in [0.5, 0.6) is 0 Å². The van der Waals surface area contributed by atoms with Crippen molar-refractivity contribution in [2.24, 2.45) is 0 Å². The highest BCUT2D eigenvalue weighted by Gasteiger charge is 2.42. The van der Waals surface area contributed by atoms with Crippen LogP contribution in [0.2, 0.25) is 0 Å². The van der Waals surface area contributed by atoms with E-state index < -0.39 is 9.05 Å². The van der Waals surface area contributed by atoms with Crippen molar-refractivity contribution in [3.63, 3.8) is 0 Å². The van der Waals surface area contributed by atoms with Crippen LogP contribution in [0.15, 0.2) is 0 Å². The van der Waals surface area contributed by atoms with Gasteiger partial charge in [-0.05, 0) is 27.2 Å². The van der Waals surface area contributed by atoms with E-state index in [1.54, 1.807) is 0 Å². The molecule has 0 amide bonds. The Balaban J connectivity index is 3.43. The fourth-order valence-corrected chi connectivity index (χ4v) is 4.99. The number of unbranched alkanes of at least 4 members (excludes halogenated alkanes) is 13. The van der Waals surface area contributed by atoms with Gasteiger partial charge in [0.05, 0.1) is 0 Å². The third-order valence-corrected chi connectivity index (χ3v) is 6.97. The van der Waals surface area contributed by atoms with Gasteiger partial charge in [0.1, 0.15) is 0 Å². The van der Waals surface area contributed by atoms with Gasteiger partial charge in [-0.15, -0.1) is 0 Å². The lowest BCUT2D eigenvalue weighted by molar-refractivity contribution is -0.0260. The molecule has 0 aromatic rings.